The largest absolute Gasteiger partial charge is 0.376 e. The third kappa shape index (κ3) is 5.76. The molecule has 0 atom stereocenters. The molecule has 1 rings (SSSR count). The van der Waals surface area contributed by atoms with Crippen LogP contribution in [-0.2, 0) is 4.79 Å². The Balaban J connectivity index is 2.59. The van der Waals surface area contributed by atoms with Gasteiger partial charge in [0, 0.05) is 29.9 Å². The molecule has 0 aliphatic heterocycles. The normalized spacial score (nSPS) is 11.0. The van der Waals surface area contributed by atoms with E-state index in [4.69, 9.17) is 0 Å². The second-order valence-electron chi connectivity index (χ2n) is 6.20. The topological polar surface area (TPSA) is 61.4 Å². The quantitative estimate of drug-likeness (QED) is 0.849. The number of benzene rings is 1. The van der Waals surface area contributed by atoms with Gasteiger partial charge in [-0.1, -0.05) is 0 Å². The van der Waals surface area contributed by atoms with Crippen molar-refractivity contribution in [2.75, 3.05) is 25.0 Å². The number of amides is 2. The van der Waals surface area contributed by atoms with Crippen LogP contribution in [0.5, 0.6) is 0 Å². The third-order valence-electron chi connectivity index (χ3n) is 3.20. The molecule has 0 aliphatic carbocycles. The van der Waals surface area contributed by atoms with E-state index in [2.05, 4.69) is 10.6 Å². The van der Waals surface area contributed by atoms with Crippen LogP contribution in [0.1, 0.15) is 45.0 Å². The van der Waals surface area contributed by atoms with E-state index in [1.807, 2.05) is 46.8 Å². The SMILES string of the molecule is CCN(CC)C(=O)CNc1ccc(C(=O)NC(C)(C)C)cc1. The van der Waals surface area contributed by atoms with Crippen molar-refractivity contribution in [2.24, 2.45) is 0 Å². The van der Waals surface area contributed by atoms with Gasteiger partial charge in [-0.3, -0.25) is 9.59 Å². The number of anilines is 1. The van der Waals surface area contributed by atoms with Crippen molar-refractivity contribution in [3.63, 3.8) is 0 Å². The van der Waals surface area contributed by atoms with Gasteiger partial charge in [-0.05, 0) is 58.9 Å². The van der Waals surface area contributed by atoms with Crippen molar-refractivity contribution < 1.29 is 9.59 Å². The predicted octanol–water partition coefficient (Wildman–Crippen LogP) is 2.50. The van der Waals surface area contributed by atoms with Gasteiger partial charge in [-0.15, -0.1) is 0 Å². The Morgan fingerprint density at radius 3 is 2.05 bits per heavy atom. The fourth-order valence-electron chi connectivity index (χ4n) is 2.02. The lowest BCUT2D eigenvalue weighted by molar-refractivity contribution is -0.128. The first-order valence-corrected chi connectivity index (χ1v) is 7.71. The lowest BCUT2D eigenvalue weighted by Crippen LogP contribution is -2.40. The van der Waals surface area contributed by atoms with Gasteiger partial charge in [0.2, 0.25) is 5.91 Å². The van der Waals surface area contributed by atoms with Gasteiger partial charge >= 0.3 is 0 Å². The number of likely N-dealkylation sites (N-methyl/N-ethyl adjacent to an activating group) is 1. The van der Waals surface area contributed by atoms with Crippen LogP contribution in [0.15, 0.2) is 24.3 Å². The fraction of sp³-hybridized carbons (Fsp3) is 0.529. The van der Waals surface area contributed by atoms with E-state index in [1.165, 1.54) is 0 Å². The van der Waals surface area contributed by atoms with Crippen LogP contribution in [0.2, 0.25) is 0 Å². The highest BCUT2D eigenvalue weighted by atomic mass is 16.2. The summed E-state index contributed by atoms with van der Waals surface area (Å²) in [6.45, 7) is 11.4. The minimum atomic E-state index is -0.260. The molecule has 0 aromatic heterocycles. The Hall–Kier alpha value is -2.04. The summed E-state index contributed by atoms with van der Waals surface area (Å²) in [4.78, 5) is 25.7. The number of nitrogens with zero attached hydrogens (tertiary/aromatic N) is 1. The number of nitrogens with one attached hydrogen (secondary N) is 2. The first-order chi connectivity index (χ1) is 10.3. The Morgan fingerprint density at radius 1 is 1.05 bits per heavy atom. The number of hydrogen-bond acceptors (Lipinski definition) is 3. The molecular weight excluding hydrogens is 278 g/mol. The van der Waals surface area contributed by atoms with E-state index in [1.54, 1.807) is 17.0 Å². The van der Waals surface area contributed by atoms with Crippen LogP contribution in [0.4, 0.5) is 5.69 Å². The molecule has 5 nitrogen and oxygen atoms in total. The molecule has 122 valence electrons. The molecule has 0 heterocycles. The van der Waals surface area contributed by atoms with E-state index in [0.29, 0.717) is 18.7 Å². The Bertz CT molecular complexity index is 500. The molecule has 5 heteroatoms. The molecule has 0 bridgehead atoms. The van der Waals surface area contributed by atoms with Crippen molar-refractivity contribution in [3.8, 4) is 0 Å². The Morgan fingerprint density at radius 2 is 1.59 bits per heavy atom. The van der Waals surface area contributed by atoms with E-state index in [9.17, 15) is 9.59 Å². The molecule has 1 aromatic carbocycles. The number of rotatable bonds is 6. The standard InChI is InChI=1S/C17H27N3O2/c1-6-20(7-2)15(21)12-18-14-10-8-13(9-11-14)16(22)19-17(3,4)5/h8-11,18H,6-7,12H2,1-5H3,(H,19,22). The van der Waals surface area contributed by atoms with Crippen LogP contribution in [0.25, 0.3) is 0 Å². The van der Waals surface area contributed by atoms with Crippen molar-refractivity contribution in [1.29, 1.82) is 0 Å². The molecule has 2 amide bonds. The molecular formula is C17H27N3O2. The monoisotopic (exact) mass is 305 g/mol. The highest BCUT2D eigenvalue weighted by Crippen LogP contribution is 2.11. The van der Waals surface area contributed by atoms with Crippen LogP contribution in [0, 0.1) is 0 Å². The fourth-order valence-corrected chi connectivity index (χ4v) is 2.02. The zero-order chi connectivity index (χ0) is 16.8. The zero-order valence-electron chi connectivity index (χ0n) is 14.2. The van der Waals surface area contributed by atoms with Crippen LogP contribution in [0.3, 0.4) is 0 Å². The van der Waals surface area contributed by atoms with Crippen molar-refractivity contribution in [3.05, 3.63) is 29.8 Å². The molecule has 0 aliphatic rings. The summed E-state index contributed by atoms with van der Waals surface area (Å²) in [6, 6.07) is 7.14. The molecule has 0 saturated heterocycles. The first-order valence-electron chi connectivity index (χ1n) is 7.71. The maximum atomic E-state index is 12.0. The zero-order valence-corrected chi connectivity index (χ0v) is 14.2. The highest BCUT2D eigenvalue weighted by molar-refractivity contribution is 5.95. The van der Waals surface area contributed by atoms with E-state index in [-0.39, 0.29) is 23.9 Å². The van der Waals surface area contributed by atoms with Gasteiger partial charge in [-0.2, -0.15) is 0 Å². The summed E-state index contributed by atoms with van der Waals surface area (Å²) in [6.07, 6.45) is 0. The average molecular weight is 305 g/mol. The number of carbonyl (C=O) groups is 2. The molecule has 0 unspecified atom stereocenters. The van der Waals surface area contributed by atoms with Crippen LogP contribution >= 0.6 is 0 Å². The molecule has 22 heavy (non-hydrogen) atoms. The van der Waals surface area contributed by atoms with E-state index >= 15 is 0 Å². The lowest BCUT2D eigenvalue weighted by atomic mass is 10.1. The number of hydrogen-bond donors (Lipinski definition) is 2. The maximum Gasteiger partial charge on any atom is 0.251 e. The molecule has 1 aromatic rings. The van der Waals surface area contributed by atoms with Crippen molar-refractivity contribution in [2.45, 2.75) is 40.2 Å². The minimum Gasteiger partial charge on any atom is -0.376 e. The van der Waals surface area contributed by atoms with Gasteiger partial charge in [0.05, 0.1) is 6.54 Å². The summed E-state index contributed by atoms with van der Waals surface area (Å²) in [7, 11) is 0. The van der Waals surface area contributed by atoms with Crippen LogP contribution < -0.4 is 10.6 Å². The average Bonchev–Trinajstić information content (AvgIpc) is 2.45. The van der Waals surface area contributed by atoms with E-state index < -0.39 is 0 Å². The van der Waals surface area contributed by atoms with Gasteiger partial charge in [0.25, 0.3) is 5.91 Å². The molecule has 2 N–H and O–H groups in total. The highest BCUT2D eigenvalue weighted by Gasteiger charge is 2.15. The molecule has 0 saturated carbocycles. The molecule has 0 spiro atoms. The number of carbonyl (C=O) groups excluding carboxylic acids is 2. The summed E-state index contributed by atoms with van der Waals surface area (Å²) in [5.74, 6) is -0.0298. The van der Waals surface area contributed by atoms with Gasteiger partial charge < -0.3 is 15.5 Å². The van der Waals surface area contributed by atoms with Gasteiger partial charge in [0.15, 0.2) is 0 Å². The van der Waals surface area contributed by atoms with Crippen molar-refractivity contribution >= 4 is 17.5 Å². The molecule has 0 radical (unpaired) electrons. The third-order valence-corrected chi connectivity index (χ3v) is 3.20. The molecule has 0 fully saturated rings. The summed E-state index contributed by atoms with van der Waals surface area (Å²) < 4.78 is 0. The predicted molar refractivity (Wildman–Crippen MR) is 90.1 cm³/mol. The Labute approximate surface area is 133 Å². The summed E-state index contributed by atoms with van der Waals surface area (Å²) in [5, 5.41) is 6.00. The lowest BCUT2D eigenvalue weighted by Gasteiger charge is -2.21. The van der Waals surface area contributed by atoms with Crippen molar-refractivity contribution in [1.82, 2.24) is 10.2 Å². The summed E-state index contributed by atoms with van der Waals surface area (Å²) >= 11 is 0. The maximum absolute atomic E-state index is 12.0. The second-order valence-corrected chi connectivity index (χ2v) is 6.20. The van der Waals surface area contributed by atoms with Crippen LogP contribution in [-0.4, -0.2) is 41.9 Å². The summed E-state index contributed by atoms with van der Waals surface area (Å²) in [5.41, 5.74) is 1.17. The minimum absolute atomic E-state index is 0.0690. The van der Waals surface area contributed by atoms with E-state index in [0.717, 1.165) is 5.69 Å². The smallest absolute Gasteiger partial charge is 0.251 e. The Kier molecular flexibility index (Phi) is 6.40. The second kappa shape index (κ2) is 7.82. The van der Waals surface area contributed by atoms with Gasteiger partial charge in [0.1, 0.15) is 0 Å². The first kappa shape index (κ1) is 18.0. The van der Waals surface area contributed by atoms with Gasteiger partial charge in [-0.25, -0.2) is 0 Å².